The molecule has 0 aliphatic carbocycles. The fourth-order valence-corrected chi connectivity index (χ4v) is 16.5. The number of nitrogen functional groups attached to an aromatic ring is 4. The number of nitrogens with two attached hydrogens (primary N) is 4. The fraction of sp³-hybridized carbons (Fsp3) is 0.516. The topological polar surface area (TPSA) is 347 Å². The molecule has 0 radical (unpaired) electrons. The molecular formula is C91H122N20O8. The smallest absolute Gasteiger partial charge is 0.320 e. The summed E-state index contributed by atoms with van der Waals surface area (Å²) in [5.41, 5.74) is 40.5. The predicted octanol–water partition coefficient (Wildman–Crippen LogP) is 11.1. The average molecular weight is 1620 g/mol. The number of Topliss-reactive ketones (excluding diaryl/α,β-unsaturated/α-hetero) is 4. The number of ether oxygens (including phenoxy) is 4. The molecule has 2 saturated heterocycles. The Morgan fingerprint density at radius 3 is 1.09 bits per heavy atom. The molecule has 119 heavy (non-hydrogen) atoms. The van der Waals surface area contributed by atoms with E-state index in [1.807, 2.05) is 14.7 Å². The molecule has 16 rings (SSSR count). The largest absolute Gasteiger partial charge is 0.463 e. The molecule has 4 aromatic heterocycles. The Bertz CT molecular complexity index is 4800. The number of anilines is 8. The Morgan fingerprint density at radius 2 is 0.697 bits per heavy atom. The number of ketones is 4. The van der Waals surface area contributed by atoms with Crippen molar-refractivity contribution in [3.05, 3.63) is 163 Å². The molecule has 0 amide bonds. The van der Waals surface area contributed by atoms with Crippen molar-refractivity contribution in [1.82, 2.24) is 59.9 Å². The highest BCUT2D eigenvalue weighted by molar-refractivity contribution is 5.93. The van der Waals surface area contributed by atoms with E-state index in [2.05, 4.69) is 184 Å². The first-order chi connectivity index (χ1) is 57.9. The summed E-state index contributed by atoms with van der Waals surface area (Å²) in [4.78, 5) is 101. The molecule has 8 aliphatic rings. The number of hydrogen-bond acceptors (Lipinski definition) is 28. The highest BCUT2D eigenvalue weighted by Crippen LogP contribution is 2.37. The fourth-order valence-electron chi connectivity index (χ4n) is 16.5. The van der Waals surface area contributed by atoms with Gasteiger partial charge in [-0.1, -0.05) is 145 Å². The van der Waals surface area contributed by atoms with Gasteiger partial charge in [0.1, 0.15) is 52.3 Å². The van der Waals surface area contributed by atoms with Gasteiger partial charge in [-0.2, -0.15) is 39.9 Å². The van der Waals surface area contributed by atoms with Gasteiger partial charge in [-0.25, -0.2) is 0 Å². The van der Waals surface area contributed by atoms with Crippen molar-refractivity contribution in [1.29, 1.82) is 0 Å². The third-order valence-electron chi connectivity index (χ3n) is 23.0. The van der Waals surface area contributed by atoms with Gasteiger partial charge in [0.15, 0.2) is 17.3 Å². The minimum atomic E-state index is 0.127. The summed E-state index contributed by atoms with van der Waals surface area (Å²) in [7, 11) is 0. The van der Waals surface area contributed by atoms with E-state index in [1.54, 1.807) is 0 Å². The molecule has 0 saturated carbocycles. The first-order valence-electron chi connectivity index (χ1n) is 43.4. The second kappa shape index (κ2) is 42.3. The summed E-state index contributed by atoms with van der Waals surface area (Å²) in [6.45, 7) is 28.8. The number of fused-ring (bicyclic) bond motifs is 6. The van der Waals surface area contributed by atoms with Crippen LogP contribution in [0.25, 0.3) is 0 Å². The van der Waals surface area contributed by atoms with Gasteiger partial charge in [0, 0.05) is 120 Å². The average Bonchev–Trinajstić information content (AvgIpc) is 1.50. The van der Waals surface area contributed by atoms with Crippen LogP contribution in [-0.2, 0) is 110 Å². The molecule has 8 aromatic rings. The van der Waals surface area contributed by atoms with Crippen LogP contribution in [0.1, 0.15) is 196 Å². The summed E-state index contributed by atoms with van der Waals surface area (Å²) < 4.78 is 22.8. The van der Waals surface area contributed by atoms with E-state index in [-0.39, 0.29) is 48.8 Å². The molecule has 634 valence electrons. The van der Waals surface area contributed by atoms with Crippen LogP contribution >= 0.6 is 0 Å². The van der Waals surface area contributed by atoms with E-state index >= 15 is 0 Å². The van der Waals surface area contributed by atoms with Crippen LogP contribution in [0.2, 0.25) is 0 Å². The number of carbonyl (C=O) groups is 4. The van der Waals surface area contributed by atoms with Crippen molar-refractivity contribution in [2.75, 3.05) is 141 Å². The van der Waals surface area contributed by atoms with Gasteiger partial charge >= 0.3 is 24.0 Å². The number of likely N-dealkylation sites (N-methyl/N-ethyl adjacent to an activating group) is 1. The number of likely N-dealkylation sites (tertiary alicyclic amines) is 2. The van der Waals surface area contributed by atoms with Crippen molar-refractivity contribution >= 4 is 69.7 Å². The Labute approximate surface area is 700 Å². The predicted molar refractivity (Wildman–Crippen MR) is 466 cm³/mol. The normalized spacial score (nSPS) is 16.5. The maximum absolute atomic E-state index is 12.4. The van der Waals surface area contributed by atoms with Crippen LogP contribution in [0, 0.1) is 0 Å². The molecule has 0 atom stereocenters. The summed E-state index contributed by atoms with van der Waals surface area (Å²) in [6.07, 6.45) is 16.8. The zero-order valence-electron chi connectivity index (χ0n) is 70.6. The second-order valence-corrected chi connectivity index (χ2v) is 32.5. The summed E-state index contributed by atoms with van der Waals surface area (Å²) in [5.74, 6) is 4.82. The van der Waals surface area contributed by atoms with E-state index in [9.17, 15) is 19.2 Å². The molecule has 28 heteroatoms. The van der Waals surface area contributed by atoms with Gasteiger partial charge in [-0.05, 0) is 159 Å². The van der Waals surface area contributed by atoms with Crippen LogP contribution in [0.4, 0.5) is 46.5 Å². The quantitative estimate of drug-likeness (QED) is 0.0272. The molecular weight excluding hydrogens is 1500 g/mol. The van der Waals surface area contributed by atoms with Gasteiger partial charge in [0.25, 0.3) is 0 Å². The van der Waals surface area contributed by atoms with E-state index in [0.717, 1.165) is 150 Å². The Kier molecular flexibility index (Phi) is 30.6. The van der Waals surface area contributed by atoms with Gasteiger partial charge in [-0.3, -0.25) is 33.9 Å². The molecule has 9 N–H and O–H groups in total. The Hall–Kier alpha value is -10.7. The number of rotatable bonds is 29. The summed E-state index contributed by atoms with van der Waals surface area (Å²) >= 11 is 0. The lowest BCUT2D eigenvalue weighted by Crippen LogP contribution is -2.37. The lowest BCUT2D eigenvalue weighted by molar-refractivity contribution is -0.118. The zero-order chi connectivity index (χ0) is 83.2. The lowest BCUT2D eigenvalue weighted by Gasteiger charge is -2.31. The molecule has 0 unspecified atom stereocenters. The Balaban J connectivity index is 0.000000137. The first kappa shape index (κ1) is 86.2. The monoisotopic (exact) mass is 1620 g/mol. The molecule has 4 aromatic carbocycles. The molecule has 0 spiro atoms. The minimum Gasteiger partial charge on any atom is -0.463 e. The number of unbranched alkanes of at least 4 members (excludes halogenated alkanes) is 4. The van der Waals surface area contributed by atoms with Crippen LogP contribution in [-0.4, -0.2) is 176 Å². The minimum absolute atomic E-state index is 0.127. The number of hydrogen-bond donors (Lipinski definition) is 5. The number of aromatic nitrogens is 8. The van der Waals surface area contributed by atoms with Crippen molar-refractivity contribution in [2.24, 2.45) is 0 Å². The van der Waals surface area contributed by atoms with E-state index < -0.39 is 0 Å². The van der Waals surface area contributed by atoms with Crippen LogP contribution in [0.15, 0.2) is 84.9 Å². The van der Waals surface area contributed by atoms with Gasteiger partial charge in [0.05, 0.1) is 46.1 Å². The summed E-state index contributed by atoms with van der Waals surface area (Å²) in [6, 6.07) is 31.8. The molecule has 12 heterocycles. The van der Waals surface area contributed by atoms with Crippen molar-refractivity contribution in [3.63, 3.8) is 0 Å². The number of nitrogens with one attached hydrogen (secondary N) is 1. The van der Waals surface area contributed by atoms with Crippen molar-refractivity contribution < 1.29 is 38.1 Å². The zero-order valence-corrected chi connectivity index (χ0v) is 70.6. The highest BCUT2D eigenvalue weighted by atomic mass is 16.5. The maximum atomic E-state index is 12.4. The number of benzene rings is 4. The third-order valence-corrected chi connectivity index (χ3v) is 23.0. The Morgan fingerprint density at radius 1 is 0.345 bits per heavy atom. The van der Waals surface area contributed by atoms with E-state index in [0.29, 0.717) is 149 Å². The van der Waals surface area contributed by atoms with Crippen molar-refractivity contribution in [3.8, 4) is 24.0 Å². The van der Waals surface area contributed by atoms with Crippen LogP contribution < -0.4 is 66.8 Å². The van der Waals surface area contributed by atoms with Gasteiger partial charge < -0.3 is 66.8 Å². The first-order valence-corrected chi connectivity index (χ1v) is 43.4. The lowest BCUT2D eigenvalue weighted by atomic mass is 9.96. The molecule has 28 nitrogen and oxygen atoms in total. The van der Waals surface area contributed by atoms with Crippen molar-refractivity contribution in [2.45, 2.75) is 209 Å². The SMILES string of the molecule is CCCCOc1nc(N)c2c(n1)N(Cc1ccc3c(c1)CN(CC)CC3)CC(=O)C2.CCCCOc1nc(N)c2c(n1)N(Cc1ccc3c(c1)CNCC3)CC(=O)C2.CCCCOc1nc(N)c2c(n1)N(Cc1cccc(CN3CCCC3)c1)CC(=O)C2.CCCCOc1nc(N)c2c(n1)N(Cc1cccc(CN3CCCC3)c1)CCC(=O)C2. The van der Waals surface area contributed by atoms with Crippen LogP contribution in [0.5, 0.6) is 24.0 Å². The second-order valence-electron chi connectivity index (χ2n) is 32.5. The molecule has 2 fully saturated rings. The van der Waals surface area contributed by atoms with Gasteiger partial charge in [0.2, 0.25) is 0 Å². The number of nitrogens with zero attached hydrogens (tertiary/aromatic N) is 15. The third kappa shape index (κ3) is 23.7. The number of carbonyl (C=O) groups excluding carboxylic acids is 4. The van der Waals surface area contributed by atoms with E-state index in [1.165, 1.54) is 96.4 Å². The summed E-state index contributed by atoms with van der Waals surface area (Å²) in [5, 5.41) is 3.41. The molecule has 8 aliphatic heterocycles. The molecule has 0 bridgehead atoms. The van der Waals surface area contributed by atoms with Gasteiger partial charge in [-0.15, -0.1) is 0 Å². The standard InChI is InChI=1S/C24H33N5O2.2C23H31N5O2.C21H27N5O2/c1-2-3-13-31-24-26-22(25)21-15-20(30)9-12-29(23(21)27-24)17-19-8-6-7-18(14-19)16-28-10-4-5-11-28;1-3-5-10-30-23-25-21(24)20-12-19(29)15-28(22(20)26-23)13-16-6-7-17-8-9-27(4-2)14-18(17)11-16;1-2-3-11-30-23-25-21(24)20-13-19(29)16-28(22(20)26-23)15-18-8-6-7-17(12-18)14-27-9-4-5-10-27;1-2-3-8-28-21-24-19(22)18-10-17(27)13-26(20(18)25-21)12-14-4-5-15-6-7-23-11-16(15)9-14/h6-8,14H,2-5,9-13,15-17H2,1H3,(H2,25,26,27);6-7,11H,3-5,8-10,12-15H2,1-2H3,(H2,24,25,26);6-8,12H,2-5,9-11,13-16H2,1H3,(H2,24,25,26);4-5,9,23H,2-3,6-8,10-13H2,1H3,(H2,22,24,25). The van der Waals surface area contributed by atoms with E-state index in [4.69, 9.17) is 41.9 Å². The van der Waals surface area contributed by atoms with Crippen LogP contribution in [0.3, 0.4) is 0 Å². The maximum Gasteiger partial charge on any atom is 0.320 e. The highest BCUT2D eigenvalue weighted by Gasteiger charge is 2.33.